The summed E-state index contributed by atoms with van der Waals surface area (Å²) in [6, 6.07) is 5.55. The Morgan fingerprint density at radius 3 is 2.79 bits per heavy atom. The van der Waals surface area contributed by atoms with E-state index < -0.39 is 5.97 Å². The molecule has 14 heavy (non-hydrogen) atoms. The van der Waals surface area contributed by atoms with Crippen molar-refractivity contribution in [3.8, 4) is 0 Å². The largest absolute Gasteiger partial charge is 0.478 e. The van der Waals surface area contributed by atoms with Gasteiger partial charge in [-0.25, -0.2) is 4.79 Å². The summed E-state index contributed by atoms with van der Waals surface area (Å²) in [7, 11) is 0. The molecule has 1 heterocycles. The molecule has 0 radical (unpaired) electrons. The molecule has 72 valence electrons. The average molecular weight is 271 g/mol. The molecule has 2 aromatic rings. The summed E-state index contributed by atoms with van der Waals surface area (Å²) in [6.45, 7) is 1.90. The fourth-order valence-corrected chi connectivity index (χ4v) is 3.09. The van der Waals surface area contributed by atoms with E-state index in [2.05, 4.69) is 15.9 Å². The second kappa shape index (κ2) is 3.37. The van der Waals surface area contributed by atoms with Crippen LogP contribution in [0, 0.1) is 6.92 Å². The van der Waals surface area contributed by atoms with E-state index in [9.17, 15) is 4.79 Å². The van der Waals surface area contributed by atoms with Crippen LogP contribution in [0.2, 0.25) is 0 Å². The third-order valence-corrected chi connectivity index (χ3v) is 3.57. The van der Waals surface area contributed by atoms with Crippen molar-refractivity contribution in [2.24, 2.45) is 0 Å². The van der Waals surface area contributed by atoms with Crippen LogP contribution in [-0.2, 0) is 0 Å². The van der Waals surface area contributed by atoms with E-state index in [1.54, 1.807) is 17.4 Å². The molecule has 2 rings (SSSR count). The van der Waals surface area contributed by atoms with Gasteiger partial charge >= 0.3 is 5.97 Å². The number of hydrogen-bond donors (Lipinski definition) is 1. The molecule has 0 saturated heterocycles. The van der Waals surface area contributed by atoms with E-state index in [-0.39, 0.29) is 0 Å². The summed E-state index contributed by atoms with van der Waals surface area (Å²) in [4.78, 5) is 11.0. The number of aromatic carboxylic acids is 1. The van der Waals surface area contributed by atoms with Gasteiger partial charge in [-0.2, -0.15) is 0 Å². The van der Waals surface area contributed by atoms with Gasteiger partial charge in [-0.05, 0) is 46.6 Å². The number of carboxylic acid groups (broad SMARTS) is 1. The molecule has 0 unspecified atom stereocenters. The van der Waals surface area contributed by atoms with Crippen molar-refractivity contribution in [3.05, 3.63) is 33.1 Å². The molecule has 0 aliphatic carbocycles. The van der Waals surface area contributed by atoms with Crippen molar-refractivity contribution < 1.29 is 9.90 Å². The number of aryl methyl sites for hydroxylation is 1. The number of hydrogen-bond acceptors (Lipinski definition) is 2. The highest BCUT2D eigenvalue weighted by Gasteiger charge is 2.11. The number of fused-ring (bicyclic) bond motifs is 1. The summed E-state index contributed by atoms with van der Waals surface area (Å²) < 4.78 is 1.97. The minimum absolute atomic E-state index is 0.377. The lowest BCUT2D eigenvalue weighted by Gasteiger charge is -1.98. The first-order valence-electron chi connectivity index (χ1n) is 4.01. The van der Waals surface area contributed by atoms with Crippen molar-refractivity contribution >= 4 is 43.3 Å². The number of rotatable bonds is 1. The SMILES string of the molecule is Cc1cc(C(=O)O)c2cc(Br)sc2c1. The first-order valence-corrected chi connectivity index (χ1v) is 5.62. The molecule has 1 N–H and O–H groups in total. The lowest BCUT2D eigenvalue weighted by Crippen LogP contribution is -1.96. The van der Waals surface area contributed by atoms with Gasteiger partial charge in [-0.15, -0.1) is 11.3 Å². The lowest BCUT2D eigenvalue weighted by atomic mass is 10.1. The number of halogens is 1. The standard InChI is InChI=1S/C10H7BrO2S/c1-5-2-7(10(12)13)6-4-9(11)14-8(6)3-5/h2-4H,1H3,(H,12,13). The first-order chi connectivity index (χ1) is 6.58. The van der Waals surface area contributed by atoms with Gasteiger partial charge in [-0.1, -0.05) is 0 Å². The monoisotopic (exact) mass is 270 g/mol. The maximum Gasteiger partial charge on any atom is 0.336 e. The van der Waals surface area contributed by atoms with Crippen molar-refractivity contribution in [2.45, 2.75) is 6.92 Å². The Morgan fingerprint density at radius 2 is 2.14 bits per heavy atom. The lowest BCUT2D eigenvalue weighted by molar-refractivity contribution is 0.0699. The molecule has 4 heteroatoms. The fraction of sp³-hybridized carbons (Fsp3) is 0.100. The van der Waals surface area contributed by atoms with Crippen LogP contribution in [0.1, 0.15) is 15.9 Å². The number of benzene rings is 1. The van der Waals surface area contributed by atoms with Gasteiger partial charge in [0.05, 0.1) is 9.35 Å². The Kier molecular flexibility index (Phi) is 2.33. The zero-order valence-corrected chi connectivity index (χ0v) is 9.78. The molecule has 0 bridgehead atoms. The molecular formula is C10H7BrO2S. The molecule has 0 atom stereocenters. The molecule has 0 aliphatic rings. The summed E-state index contributed by atoms with van der Waals surface area (Å²) in [6.07, 6.45) is 0. The van der Waals surface area contributed by atoms with E-state index in [0.29, 0.717) is 5.56 Å². The molecule has 2 nitrogen and oxygen atoms in total. The van der Waals surface area contributed by atoms with Crippen LogP contribution >= 0.6 is 27.3 Å². The summed E-state index contributed by atoms with van der Waals surface area (Å²) in [5, 5.41) is 9.81. The Balaban J connectivity index is 2.85. The van der Waals surface area contributed by atoms with Crippen LogP contribution in [-0.4, -0.2) is 11.1 Å². The molecule has 0 saturated carbocycles. The third kappa shape index (κ3) is 1.55. The Hall–Kier alpha value is -0.870. The van der Waals surface area contributed by atoms with E-state index in [4.69, 9.17) is 5.11 Å². The van der Waals surface area contributed by atoms with Crippen LogP contribution < -0.4 is 0 Å². The molecule has 0 amide bonds. The Morgan fingerprint density at radius 1 is 1.43 bits per heavy atom. The van der Waals surface area contributed by atoms with Crippen LogP contribution in [0.4, 0.5) is 0 Å². The summed E-state index contributed by atoms with van der Waals surface area (Å²) in [5.74, 6) is -0.871. The molecular weight excluding hydrogens is 264 g/mol. The van der Waals surface area contributed by atoms with Gasteiger partial charge < -0.3 is 5.11 Å². The van der Waals surface area contributed by atoms with Crippen molar-refractivity contribution in [3.63, 3.8) is 0 Å². The highest BCUT2D eigenvalue weighted by Crippen LogP contribution is 2.32. The summed E-state index contributed by atoms with van der Waals surface area (Å²) in [5.41, 5.74) is 1.35. The maximum atomic E-state index is 11.0. The van der Waals surface area contributed by atoms with Gasteiger partial charge in [-0.3, -0.25) is 0 Å². The number of thiophene rings is 1. The van der Waals surface area contributed by atoms with Crippen molar-refractivity contribution in [1.29, 1.82) is 0 Å². The van der Waals surface area contributed by atoms with Crippen LogP contribution in [0.5, 0.6) is 0 Å². The van der Waals surface area contributed by atoms with E-state index in [1.807, 2.05) is 19.1 Å². The first kappa shape index (κ1) is 9.68. The highest BCUT2D eigenvalue weighted by atomic mass is 79.9. The number of carbonyl (C=O) groups is 1. The minimum Gasteiger partial charge on any atom is -0.478 e. The molecule has 0 fully saturated rings. The van der Waals surface area contributed by atoms with Crippen molar-refractivity contribution in [1.82, 2.24) is 0 Å². The predicted molar refractivity (Wildman–Crippen MR) is 61.2 cm³/mol. The summed E-state index contributed by atoms with van der Waals surface area (Å²) >= 11 is 4.91. The fourth-order valence-electron chi connectivity index (χ4n) is 1.42. The zero-order valence-electron chi connectivity index (χ0n) is 7.37. The highest BCUT2D eigenvalue weighted by molar-refractivity contribution is 9.11. The quantitative estimate of drug-likeness (QED) is 0.859. The average Bonchev–Trinajstić information content (AvgIpc) is 2.42. The number of carboxylic acids is 1. The van der Waals surface area contributed by atoms with Gasteiger partial charge in [0.15, 0.2) is 0 Å². The molecule has 1 aromatic heterocycles. The van der Waals surface area contributed by atoms with Gasteiger partial charge in [0.2, 0.25) is 0 Å². The second-order valence-electron chi connectivity index (χ2n) is 3.08. The molecule has 1 aromatic carbocycles. The molecule has 0 aliphatic heterocycles. The normalized spacial score (nSPS) is 10.7. The molecule has 0 spiro atoms. The zero-order chi connectivity index (χ0) is 10.3. The topological polar surface area (TPSA) is 37.3 Å². The van der Waals surface area contributed by atoms with Gasteiger partial charge in [0.25, 0.3) is 0 Å². The van der Waals surface area contributed by atoms with Crippen molar-refractivity contribution in [2.75, 3.05) is 0 Å². The van der Waals surface area contributed by atoms with E-state index in [0.717, 1.165) is 19.4 Å². The van der Waals surface area contributed by atoms with Gasteiger partial charge in [0.1, 0.15) is 0 Å². The van der Waals surface area contributed by atoms with Crippen LogP contribution in [0.25, 0.3) is 10.1 Å². The van der Waals surface area contributed by atoms with Crippen LogP contribution in [0.3, 0.4) is 0 Å². The van der Waals surface area contributed by atoms with E-state index >= 15 is 0 Å². The smallest absolute Gasteiger partial charge is 0.336 e. The third-order valence-electron chi connectivity index (χ3n) is 1.98. The Bertz CT molecular complexity index is 516. The maximum absolute atomic E-state index is 11.0. The van der Waals surface area contributed by atoms with E-state index in [1.165, 1.54) is 0 Å². The van der Waals surface area contributed by atoms with Crippen LogP contribution in [0.15, 0.2) is 22.0 Å². The van der Waals surface area contributed by atoms with Gasteiger partial charge in [0, 0.05) is 10.1 Å². The minimum atomic E-state index is -0.871. The predicted octanol–water partition coefficient (Wildman–Crippen LogP) is 3.67. The Labute approximate surface area is 93.3 Å². The second-order valence-corrected chi connectivity index (χ2v) is 5.54.